The van der Waals surface area contributed by atoms with Gasteiger partial charge in [0.2, 0.25) is 0 Å². The van der Waals surface area contributed by atoms with E-state index in [1.54, 1.807) is 0 Å². The number of nitrogens with zero attached hydrogens (tertiary/aromatic N) is 1. The number of likely N-dealkylation sites (tertiary alicyclic amines) is 1. The monoisotopic (exact) mass is 257 g/mol. The number of aliphatic hydroxyl groups excluding tert-OH is 2. The third-order valence-corrected chi connectivity index (χ3v) is 6.19. The highest BCUT2D eigenvalue weighted by molar-refractivity contribution is 5.16. The van der Waals surface area contributed by atoms with E-state index in [1.807, 2.05) is 0 Å². The quantitative estimate of drug-likeness (QED) is 0.797. The van der Waals surface area contributed by atoms with E-state index < -0.39 is 0 Å². The molecule has 2 N–H and O–H groups in total. The maximum absolute atomic E-state index is 10.8. The Labute approximate surface area is 112 Å². The summed E-state index contributed by atoms with van der Waals surface area (Å²) in [6.45, 7) is 18.0. The summed E-state index contributed by atoms with van der Waals surface area (Å²) in [5.74, 6) is 0. The van der Waals surface area contributed by atoms with E-state index in [0.717, 1.165) is 0 Å². The van der Waals surface area contributed by atoms with Crippen LogP contribution in [0.4, 0.5) is 0 Å². The lowest BCUT2D eigenvalue weighted by Crippen LogP contribution is -2.77. The Balaban J connectivity index is 3.40. The molecule has 0 radical (unpaired) electrons. The maximum atomic E-state index is 10.8. The molecule has 1 aliphatic rings. The maximum Gasteiger partial charge on any atom is 0.0676 e. The molecule has 0 aliphatic carbocycles. The molecule has 1 fully saturated rings. The molecule has 1 aliphatic heterocycles. The summed E-state index contributed by atoms with van der Waals surface area (Å²) in [6, 6.07) is 0. The van der Waals surface area contributed by atoms with Crippen LogP contribution in [0.1, 0.15) is 55.4 Å². The summed E-state index contributed by atoms with van der Waals surface area (Å²) in [6.07, 6.45) is -0.384. The van der Waals surface area contributed by atoms with Crippen LogP contribution in [0.25, 0.3) is 0 Å². The van der Waals surface area contributed by atoms with Crippen molar-refractivity contribution in [2.45, 2.75) is 72.6 Å². The molecule has 1 saturated heterocycles. The number of hydrogen-bond acceptors (Lipinski definition) is 3. The second-order valence-corrected chi connectivity index (χ2v) is 7.84. The second-order valence-electron chi connectivity index (χ2n) is 7.84. The van der Waals surface area contributed by atoms with E-state index >= 15 is 0 Å². The Bertz CT molecular complexity index is 290. The SMILES string of the molecule is CC1(C)C(O)C(C)(C)C(C)(C)N(CCO)C1(C)C. The van der Waals surface area contributed by atoms with Crippen molar-refractivity contribution < 1.29 is 10.2 Å². The standard InChI is InChI=1S/C15H31NO2/c1-12(2)11(18)13(3,4)15(7,8)16(9-10-17)14(12,5)6/h11,17-18H,9-10H2,1-8H3. The largest absolute Gasteiger partial charge is 0.395 e. The summed E-state index contributed by atoms with van der Waals surface area (Å²) in [5, 5.41) is 20.2. The summed E-state index contributed by atoms with van der Waals surface area (Å²) in [7, 11) is 0. The van der Waals surface area contributed by atoms with E-state index in [4.69, 9.17) is 0 Å². The highest BCUT2D eigenvalue weighted by atomic mass is 16.3. The van der Waals surface area contributed by atoms with Gasteiger partial charge in [-0.3, -0.25) is 4.90 Å². The molecule has 0 amide bonds. The van der Waals surface area contributed by atoms with Crippen molar-refractivity contribution in [1.82, 2.24) is 4.90 Å². The molecule has 3 heteroatoms. The van der Waals surface area contributed by atoms with Crippen molar-refractivity contribution in [1.29, 1.82) is 0 Å². The second kappa shape index (κ2) is 4.19. The van der Waals surface area contributed by atoms with Gasteiger partial charge < -0.3 is 10.2 Å². The smallest absolute Gasteiger partial charge is 0.0676 e. The van der Waals surface area contributed by atoms with Crippen LogP contribution < -0.4 is 0 Å². The zero-order valence-corrected chi connectivity index (χ0v) is 13.3. The molecule has 18 heavy (non-hydrogen) atoms. The van der Waals surface area contributed by atoms with Crippen LogP contribution in [0, 0.1) is 10.8 Å². The highest BCUT2D eigenvalue weighted by Gasteiger charge is 2.63. The van der Waals surface area contributed by atoms with E-state index in [0.29, 0.717) is 6.54 Å². The summed E-state index contributed by atoms with van der Waals surface area (Å²) < 4.78 is 0. The first kappa shape index (κ1) is 15.9. The van der Waals surface area contributed by atoms with Gasteiger partial charge in [0.1, 0.15) is 0 Å². The molecular weight excluding hydrogens is 226 g/mol. The zero-order valence-electron chi connectivity index (χ0n) is 13.3. The molecule has 3 nitrogen and oxygen atoms in total. The number of β-amino-alcohol motifs (C(OH)–C–C–N with tert-alkyl or cyclic N) is 1. The van der Waals surface area contributed by atoms with Crippen molar-refractivity contribution >= 4 is 0 Å². The van der Waals surface area contributed by atoms with Crippen molar-refractivity contribution in [2.75, 3.05) is 13.2 Å². The van der Waals surface area contributed by atoms with Crippen LogP contribution in [0.3, 0.4) is 0 Å². The normalized spacial score (nSPS) is 30.3. The topological polar surface area (TPSA) is 43.7 Å². The molecule has 1 rings (SSSR count). The van der Waals surface area contributed by atoms with Crippen molar-refractivity contribution in [3.63, 3.8) is 0 Å². The fourth-order valence-corrected chi connectivity index (χ4v) is 3.62. The Morgan fingerprint density at radius 2 is 1.17 bits per heavy atom. The van der Waals surface area contributed by atoms with Crippen LogP contribution in [0.5, 0.6) is 0 Å². The highest BCUT2D eigenvalue weighted by Crippen LogP contribution is 2.57. The van der Waals surface area contributed by atoms with Gasteiger partial charge >= 0.3 is 0 Å². The Morgan fingerprint density at radius 3 is 1.44 bits per heavy atom. The van der Waals surface area contributed by atoms with Crippen molar-refractivity contribution in [2.24, 2.45) is 10.8 Å². The van der Waals surface area contributed by atoms with Gasteiger partial charge in [-0.15, -0.1) is 0 Å². The third kappa shape index (κ3) is 1.75. The van der Waals surface area contributed by atoms with E-state index in [2.05, 4.69) is 60.3 Å². The average molecular weight is 257 g/mol. The first-order valence-corrected chi connectivity index (χ1v) is 6.92. The predicted octanol–water partition coefficient (Wildman–Crippen LogP) is 2.26. The van der Waals surface area contributed by atoms with Gasteiger partial charge in [0.25, 0.3) is 0 Å². The molecule has 0 saturated carbocycles. The van der Waals surface area contributed by atoms with Crippen LogP contribution in [-0.2, 0) is 0 Å². The third-order valence-electron chi connectivity index (χ3n) is 6.19. The molecule has 0 aromatic carbocycles. The lowest BCUT2D eigenvalue weighted by atomic mass is 9.52. The van der Waals surface area contributed by atoms with Crippen LogP contribution >= 0.6 is 0 Å². The summed E-state index contributed by atoms with van der Waals surface area (Å²) in [4.78, 5) is 2.35. The van der Waals surface area contributed by atoms with Gasteiger partial charge in [-0.25, -0.2) is 0 Å². The van der Waals surface area contributed by atoms with E-state index in [9.17, 15) is 10.2 Å². The van der Waals surface area contributed by atoms with Gasteiger partial charge in [-0.1, -0.05) is 27.7 Å². The number of aliphatic hydroxyl groups is 2. The molecule has 0 spiro atoms. The van der Waals surface area contributed by atoms with Gasteiger partial charge in [0.05, 0.1) is 12.7 Å². The summed E-state index contributed by atoms with van der Waals surface area (Å²) in [5.41, 5.74) is -0.815. The molecule has 0 bridgehead atoms. The van der Waals surface area contributed by atoms with Crippen LogP contribution in [0.2, 0.25) is 0 Å². The lowest BCUT2D eigenvalue weighted by molar-refractivity contribution is -0.236. The van der Waals surface area contributed by atoms with Gasteiger partial charge in [-0.2, -0.15) is 0 Å². The summed E-state index contributed by atoms with van der Waals surface area (Å²) >= 11 is 0. The van der Waals surface area contributed by atoms with E-state index in [-0.39, 0.29) is 34.6 Å². The molecule has 108 valence electrons. The predicted molar refractivity (Wildman–Crippen MR) is 75.5 cm³/mol. The molecule has 0 aromatic heterocycles. The molecular formula is C15H31NO2. The van der Waals surface area contributed by atoms with Gasteiger partial charge in [0.15, 0.2) is 0 Å². The van der Waals surface area contributed by atoms with Gasteiger partial charge in [-0.05, 0) is 27.7 Å². The fourth-order valence-electron chi connectivity index (χ4n) is 3.62. The van der Waals surface area contributed by atoms with Crippen molar-refractivity contribution in [3.05, 3.63) is 0 Å². The number of hydrogen-bond donors (Lipinski definition) is 2. The van der Waals surface area contributed by atoms with Crippen LogP contribution in [-0.4, -0.2) is 45.4 Å². The lowest BCUT2D eigenvalue weighted by Gasteiger charge is -2.69. The Hall–Kier alpha value is -0.120. The van der Waals surface area contributed by atoms with Crippen LogP contribution in [0.15, 0.2) is 0 Å². The first-order valence-electron chi connectivity index (χ1n) is 6.92. The molecule has 0 aromatic rings. The molecule has 0 atom stereocenters. The van der Waals surface area contributed by atoms with Gasteiger partial charge in [0, 0.05) is 28.5 Å². The number of rotatable bonds is 2. The fraction of sp³-hybridized carbons (Fsp3) is 1.00. The minimum atomic E-state index is -0.384. The Kier molecular flexibility index (Phi) is 3.71. The molecule has 1 heterocycles. The average Bonchev–Trinajstić information content (AvgIpc) is 2.22. The minimum Gasteiger partial charge on any atom is -0.395 e. The number of piperidine rings is 1. The first-order chi connectivity index (χ1) is 7.85. The zero-order chi connectivity index (χ0) is 14.6. The minimum absolute atomic E-state index is 0.148. The van der Waals surface area contributed by atoms with Crippen molar-refractivity contribution in [3.8, 4) is 0 Å². The Morgan fingerprint density at radius 1 is 0.833 bits per heavy atom. The molecule has 0 unspecified atom stereocenters. The van der Waals surface area contributed by atoms with E-state index in [1.165, 1.54) is 0 Å².